The second kappa shape index (κ2) is 7.22. The first-order chi connectivity index (χ1) is 9.15. The Morgan fingerprint density at radius 2 is 2.21 bits per heavy atom. The van der Waals surface area contributed by atoms with Crippen LogP contribution in [-0.2, 0) is 4.79 Å². The summed E-state index contributed by atoms with van der Waals surface area (Å²) < 4.78 is 0. The van der Waals surface area contributed by atoms with Crippen LogP contribution in [0.3, 0.4) is 0 Å². The molecule has 2 atom stereocenters. The van der Waals surface area contributed by atoms with Crippen molar-refractivity contribution in [3.63, 3.8) is 0 Å². The fourth-order valence-corrected chi connectivity index (χ4v) is 2.99. The smallest absolute Gasteiger partial charge is 0.220 e. The lowest BCUT2D eigenvalue weighted by atomic mass is 9.96. The summed E-state index contributed by atoms with van der Waals surface area (Å²) in [5.74, 6) is 0.746. The van der Waals surface area contributed by atoms with Gasteiger partial charge in [0.25, 0.3) is 0 Å². The molecule has 2 aliphatic rings. The molecule has 2 saturated heterocycles. The average molecular weight is 268 g/mol. The Hall–Kier alpha value is -0.650. The number of piperazine rings is 1. The zero-order chi connectivity index (χ0) is 13.7. The first-order valence-corrected chi connectivity index (χ1v) is 7.51. The Labute approximate surface area is 116 Å². The van der Waals surface area contributed by atoms with Gasteiger partial charge in [0.05, 0.1) is 0 Å². The summed E-state index contributed by atoms with van der Waals surface area (Å²) in [4.78, 5) is 16.7. The molecule has 0 aromatic carbocycles. The summed E-state index contributed by atoms with van der Waals surface area (Å²) in [6.45, 7) is 6.14. The average Bonchev–Trinajstić information content (AvgIpc) is 2.41. The molecular formula is C14H28N4O. The van der Waals surface area contributed by atoms with Gasteiger partial charge in [-0.1, -0.05) is 0 Å². The highest BCUT2D eigenvalue weighted by molar-refractivity contribution is 5.76. The number of rotatable bonds is 4. The van der Waals surface area contributed by atoms with Crippen molar-refractivity contribution < 1.29 is 4.79 Å². The van der Waals surface area contributed by atoms with Crippen LogP contribution in [0, 0.1) is 5.92 Å². The Morgan fingerprint density at radius 1 is 1.37 bits per heavy atom. The van der Waals surface area contributed by atoms with Crippen molar-refractivity contribution in [2.45, 2.75) is 25.3 Å². The molecule has 2 N–H and O–H groups in total. The highest BCUT2D eigenvalue weighted by atomic mass is 16.1. The first-order valence-electron chi connectivity index (χ1n) is 7.51. The minimum absolute atomic E-state index is 0.218. The second-order valence-corrected chi connectivity index (χ2v) is 6.12. The van der Waals surface area contributed by atoms with Gasteiger partial charge in [-0.25, -0.2) is 0 Å². The quantitative estimate of drug-likeness (QED) is 0.737. The number of hydrogen-bond acceptors (Lipinski definition) is 4. The monoisotopic (exact) mass is 268 g/mol. The number of amides is 1. The molecule has 2 unspecified atom stereocenters. The predicted molar refractivity (Wildman–Crippen MR) is 77.1 cm³/mol. The molecule has 5 heteroatoms. The molecule has 1 amide bonds. The van der Waals surface area contributed by atoms with Crippen molar-refractivity contribution in [3.05, 3.63) is 0 Å². The van der Waals surface area contributed by atoms with E-state index in [2.05, 4.69) is 34.5 Å². The lowest BCUT2D eigenvalue weighted by Crippen LogP contribution is -2.54. The number of nitrogens with zero attached hydrogens (tertiary/aromatic N) is 2. The van der Waals surface area contributed by atoms with Crippen molar-refractivity contribution in [2.75, 3.05) is 53.4 Å². The van der Waals surface area contributed by atoms with Crippen molar-refractivity contribution in [1.29, 1.82) is 0 Å². The van der Waals surface area contributed by atoms with Crippen molar-refractivity contribution in [2.24, 2.45) is 5.92 Å². The van der Waals surface area contributed by atoms with Gasteiger partial charge in [-0.05, 0) is 45.9 Å². The van der Waals surface area contributed by atoms with E-state index in [-0.39, 0.29) is 5.91 Å². The molecule has 5 nitrogen and oxygen atoms in total. The zero-order valence-corrected chi connectivity index (χ0v) is 12.3. The molecule has 110 valence electrons. The number of likely N-dealkylation sites (N-methyl/N-ethyl adjacent to an activating group) is 2. The van der Waals surface area contributed by atoms with Crippen LogP contribution in [0.5, 0.6) is 0 Å². The third-order valence-corrected chi connectivity index (χ3v) is 4.39. The number of carbonyl (C=O) groups excluding carboxylic acids is 1. The Morgan fingerprint density at radius 3 is 2.95 bits per heavy atom. The molecule has 0 aliphatic carbocycles. The summed E-state index contributed by atoms with van der Waals surface area (Å²) in [5.41, 5.74) is 0. The number of carbonyl (C=O) groups is 1. The highest BCUT2D eigenvalue weighted by Gasteiger charge is 2.23. The van der Waals surface area contributed by atoms with Crippen LogP contribution in [0.15, 0.2) is 0 Å². The maximum Gasteiger partial charge on any atom is 0.220 e. The summed E-state index contributed by atoms with van der Waals surface area (Å²) in [6, 6.07) is 0.451. The van der Waals surface area contributed by atoms with E-state index in [4.69, 9.17) is 0 Å². The fourth-order valence-electron chi connectivity index (χ4n) is 2.99. The summed E-state index contributed by atoms with van der Waals surface area (Å²) in [7, 11) is 4.30. The van der Waals surface area contributed by atoms with Crippen LogP contribution in [-0.4, -0.2) is 75.1 Å². The summed E-state index contributed by atoms with van der Waals surface area (Å²) in [5, 5.41) is 6.48. The van der Waals surface area contributed by atoms with Crippen LogP contribution >= 0.6 is 0 Å². The normalized spacial score (nSPS) is 30.2. The van der Waals surface area contributed by atoms with E-state index in [0.29, 0.717) is 18.4 Å². The molecule has 0 aromatic rings. The van der Waals surface area contributed by atoms with Gasteiger partial charge >= 0.3 is 0 Å². The van der Waals surface area contributed by atoms with Crippen LogP contribution in [0.4, 0.5) is 0 Å². The molecule has 19 heavy (non-hydrogen) atoms. The van der Waals surface area contributed by atoms with Gasteiger partial charge in [0, 0.05) is 38.6 Å². The minimum Gasteiger partial charge on any atom is -0.354 e. The van der Waals surface area contributed by atoms with Crippen LogP contribution in [0.25, 0.3) is 0 Å². The maximum absolute atomic E-state index is 12.0. The summed E-state index contributed by atoms with van der Waals surface area (Å²) in [6.07, 6.45) is 3.07. The second-order valence-electron chi connectivity index (χ2n) is 6.12. The molecule has 2 aliphatic heterocycles. The summed E-state index contributed by atoms with van der Waals surface area (Å²) >= 11 is 0. The molecule has 0 spiro atoms. The standard InChI is InChI=1S/C14H28N4O/c1-17-6-7-18(2)13(11-17)10-16-14(19)8-12-4-3-5-15-9-12/h12-13,15H,3-11H2,1-2H3,(H,16,19). The van der Waals surface area contributed by atoms with E-state index in [1.54, 1.807) is 0 Å². The van der Waals surface area contributed by atoms with E-state index in [9.17, 15) is 4.79 Å². The van der Waals surface area contributed by atoms with Crippen LogP contribution in [0.2, 0.25) is 0 Å². The molecule has 2 heterocycles. The molecule has 2 fully saturated rings. The Bertz CT molecular complexity index is 291. The molecule has 0 saturated carbocycles. The van der Waals surface area contributed by atoms with E-state index in [0.717, 1.165) is 39.3 Å². The first kappa shape index (κ1) is 14.8. The molecule has 0 aromatic heterocycles. The fraction of sp³-hybridized carbons (Fsp3) is 0.929. The van der Waals surface area contributed by atoms with Gasteiger partial charge in [0.2, 0.25) is 5.91 Å². The van der Waals surface area contributed by atoms with Gasteiger partial charge in [-0.2, -0.15) is 0 Å². The topological polar surface area (TPSA) is 47.6 Å². The molecule has 0 radical (unpaired) electrons. The van der Waals surface area contributed by atoms with Crippen LogP contribution in [0.1, 0.15) is 19.3 Å². The lowest BCUT2D eigenvalue weighted by Gasteiger charge is -2.37. The maximum atomic E-state index is 12.0. The SMILES string of the molecule is CN1CCN(C)C(CNC(=O)CC2CCCNC2)C1. The predicted octanol–water partition coefficient (Wildman–Crippen LogP) is -0.262. The number of nitrogens with one attached hydrogen (secondary N) is 2. The van der Waals surface area contributed by atoms with E-state index in [1.165, 1.54) is 12.8 Å². The van der Waals surface area contributed by atoms with Crippen molar-refractivity contribution >= 4 is 5.91 Å². The molecular weight excluding hydrogens is 240 g/mol. The van der Waals surface area contributed by atoms with E-state index < -0.39 is 0 Å². The Balaban J connectivity index is 1.67. The lowest BCUT2D eigenvalue weighted by molar-refractivity contribution is -0.122. The largest absolute Gasteiger partial charge is 0.354 e. The Kier molecular flexibility index (Phi) is 5.60. The van der Waals surface area contributed by atoms with E-state index in [1.807, 2.05) is 0 Å². The van der Waals surface area contributed by atoms with Crippen molar-refractivity contribution in [1.82, 2.24) is 20.4 Å². The molecule has 0 bridgehead atoms. The minimum atomic E-state index is 0.218. The number of piperidine rings is 1. The third-order valence-electron chi connectivity index (χ3n) is 4.39. The van der Waals surface area contributed by atoms with Gasteiger partial charge in [0.1, 0.15) is 0 Å². The van der Waals surface area contributed by atoms with Gasteiger partial charge in [-0.15, -0.1) is 0 Å². The molecule has 2 rings (SSSR count). The van der Waals surface area contributed by atoms with Gasteiger partial charge in [0.15, 0.2) is 0 Å². The van der Waals surface area contributed by atoms with Gasteiger partial charge < -0.3 is 15.5 Å². The van der Waals surface area contributed by atoms with Crippen LogP contribution < -0.4 is 10.6 Å². The van der Waals surface area contributed by atoms with Crippen molar-refractivity contribution in [3.8, 4) is 0 Å². The van der Waals surface area contributed by atoms with E-state index >= 15 is 0 Å². The number of hydrogen-bond donors (Lipinski definition) is 2. The highest BCUT2D eigenvalue weighted by Crippen LogP contribution is 2.13. The van der Waals surface area contributed by atoms with Gasteiger partial charge in [-0.3, -0.25) is 9.69 Å². The zero-order valence-electron chi connectivity index (χ0n) is 12.3. The third kappa shape index (κ3) is 4.75.